The Morgan fingerprint density at radius 3 is 2.77 bits per heavy atom. The average molecular weight is 373 g/mol. The van der Waals surface area contributed by atoms with E-state index in [4.69, 9.17) is 5.73 Å². The van der Waals surface area contributed by atoms with Crippen molar-refractivity contribution < 1.29 is 14.4 Å². The Morgan fingerprint density at radius 2 is 2.04 bits per heavy atom. The first-order valence-electron chi connectivity index (χ1n) is 9.06. The van der Waals surface area contributed by atoms with E-state index in [0.717, 1.165) is 22.9 Å². The van der Waals surface area contributed by atoms with E-state index in [-0.39, 0.29) is 18.4 Å². The standard InChI is InChI=1S/C19H23N3O3S/c20-16(23)9-22-15-4-2-1-3-14(15)19(18(22)25)7-8-21(12-19)17(24)11-26-10-13-5-6-13/h1-4,13H,5-12H2,(H2,20,23). The van der Waals surface area contributed by atoms with Crippen molar-refractivity contribution in [2.75, 3.05) is 36.0 Å². The maximum Gasteiger partial charge on any atom is 0.240 e. The quantitative estimate of drug-likeness (QED) is 0.810. The topological polar surface area (TPSA) is 83.7 Å². The Balaban J connectivity index is 1.51. The molecule has 1 aromatic carbocycles. The van der Waals surface area contributed by atoms with Gasteiger partial charge in [0.15, 0.2) is 0 Å². The van der Waals surface area contributed by atoms with Gasteiger partial charge in [0, 0.05) is 18.8 Å². The average Bonchev–Trinajstić information content (AvgIpc) is 3.29. The second-order valence-electron chi connectivity index (χ2n) is 7.48. The SMILES string of the molecule is NC(=O)CN1C(=O)C2(CCN(C(=O)CSCC3CC3)C2)c2ccccc21. The van der Waals surface area contributed by atoms with E-state index in [0.29, 0.717) is 25.3 Å². The number of primary amides is 1. The Bertz CT molecular complexity index is 764. The van der Waals surface area contributed by atoms with Gasteiger partial charge in [-0.3, -0.25) is 14.4 Å². The van der Waals surface area contributed by atoms with Gasteiger partial charge in [0.25, 0.3) is 0 Å². The lowest BCUT2D eigenvalue weighted by atomic mass is 9.81. The van der Waals surface area contributed by atoms with Crippen molar-refractivity contribution in [3.63, 3.8) is 0 Å². The molecule has 1 saturated carbocycles. The van der Waals surface area contributed by atoms with E-state index in [1.165, 1.54) is 17.7 Å². The lowest BCUT2D eigenvalue weighted by Gasteiger charge is -2.24. The molecule has 0 radical (unpaired) electrons. The number of carbonyl (C=O) groups is 3. The number of nitrogens with two attached hydrogens (primary N) is 1. The molecule has 1 atom stereocenters. The van der Waals surface area contributed by atoms with Gasteiger partial charge in [-0.2, -0.15) is 11.8 Å². The van der Waals surface area contributed by atoms with Crippen molar-refractivity contribution >= 4 is 35.2 Å². The number of carbonyl (C=O) groups excluding carboxylic acids is 3. The summed E-state index contributed by atoms with van der Waals surface area (Å²) in [6, 6.07) is 7.54. The van der Waals surface area contributed by atoms with Gasteiger partial charge in [-0.25, -0.2) is 0 Å². The van der Waals surface area contributed by atoms with E-state index >= 15 is 0 Å². The first-order chi connectivity index (χ1) is 12.5. The summed E-state index contributed by atoms with van der Waals surface area (Å²) in [6.07, 6.45) is 3.17. The zero-order chi connectivity index (χ0) is 18.3. The van der Waals surface area contributed by atoms with E-state index in [2.05, 4.69) is 0 Å². The van der Waals surface area contributed by atoms with Crippen molar-refractivity contribution in [1.82, 2.24) is 4.90 Å². The number of anilines is 1. The minimum Gasteiger partial charge on any atom is -0.368 e. The number of likely N-dealkylation sites (tertiary alicyclic amines) is 1. The van der Waals surface area contributed by atoms with Gasteiger partial charge < -0.3 is 15.5 Å². The van der Waals surface area contributed by atoms with Crippen molar-refractivity contribution in [1.29, 1.82) is 0 Å². The number of benzene rings is 1. The first kappa shape index (κ1) is 17.4. The molecule has 0 bridgehead atoms. The summed E-state index contributed by atoms with van der Waals surface area (Å²) in [5.41, 5.74) is 6.26. The Morgan fingerprint density at radius 1 is 1.27 bits per heavy atom. The highest BCUT2D eigenvalue weighted by Crippen LogP contribution is 2.47. The molecular weight excluding hydrogens is 350 g/mol. The monoisotopic (exact) mass is 373 g/mol. The molecule has 4 rings (SSSR count). The van der Waals surface area contributed by atoms with E-state index in [9.17, 15) is 14.4 Å². The van der Waals surface area contributed by atoms with Gasteiger partial charge >= 0.3 is 0 Å². The molecule has 1 spiro atoms. The lowest BCUT2D eigenvalue weighted by molar-refractivity contribution is -0.128. The molecule has 6 nitrogen and oxygen atoms in total. The Labute approximate surface area is 157 Å². The fourth-order valence-corrected chi connectivity index (χ4v) is 5.16. The summed E-state index contributed by atoms with van der Waals surface area (Å²) in [5, 5.41) is 0. The van der Waals surface area contributed by atoms with Crippen molar-refractivity contribution in [2.45, 2.75) is 24.7 Å². The second-order valence-corrected chi connectivity index (χ2v) is 8.51. The predicted molar refractivity (Wildman–Crippen MR) is 101 cm³/mol. The highest BCUT2D eigenvalue weighted by molar-refractivity contribution is 7.99. The number of thioether (sulfide) groups is 1. The number of rotatable bonds is 6. The van der Waals surface area contributed by atoms with E-state index in [1.807, 2.05) is 29.2 Å². The van der Waals surface area contributed by atoms with Crippen LogP contribution < -0.4 is 10.6 Å². The molecule has 138 valence electrons. The molecule has 2 heterocycles. The van der Waals surface area contributed by atoms with Gasteiger partial charge in [0.05, 0.1) is 11.2 Å². The van der Waals surface area contributed by atoms with Gasteiger partial charge in [0.2, 0.25) is 17.7 Å². The summed E-state index contributed by atoms with van der Waals surface area (Å²) >= 11 is 1.70. The number of hydrogen-bond acceptors (Lipinski definition) is 4. The van der Waals surface area contributed by atoms with Crippen LogP contribution in [0.2, 0.25) is 0 Å². The molecule has 0 aromatic heterocycles. The molecule has 3 amide bonds. The maximum atomic E-state index is 13.2. The number of amides is 3. The van der Waals surface area contributed by atoms with Gasteiger partial charge in [-0.15, -0.1) is 0 Å². The van der Waals surface area contributed by atoms with Crippen LogP contribution in [0.5, 0.6) is 0 Å². The number of fused-ring (bicyclic) bond motifs is 2. The van der Waals surface area contributed by atoms with Crippen molar-refractivity contribution in [3.8, 4) is 0 Å². The molecular formula is C19H23N3O3S. The van der Waals surface area contributed by atoms with Gasteiger partial charge in [-0.05, 0) is 42.6 Å². The molecule has 1 aliphatic carbocycles. The Kier molecular flexibility index (Phi) is 4.42. The van der Waals surface area contributed by atoms with Crippen LogP contribution in [0.25, 0.3) is 0 Å². The first-order valence-corrected chi connectivity index (χ1v) is 10.2. The zero-order valence-electron chi connectivity index (χ0n) is 14.6. The fraction of sp³-hybridized carbons (Fsp3) is 0.526. The highest BCUT2D eigenvalue weighted by atomic mass is 32.2. The fourth-order valence-electron chi connectivity index (χ4n) is 4.02. The third-order valence-corrected chi connectivity index (χ3v) is 6.74. The van der Waals surface area contributed by atoms with Crippen molar-refractivity contribution in [2.24, 2.45) is 11.7 Å². The van der Waals surface area contributed by atoms with Crippen LogP contribution in [0.4, 0.5) is 5.69 Å². The van der Waals surface area contributed by atoms with Gasteiger partial charge in [-0.1, -0.05) is 18.2 Å². The van der Waals surface area contributed by atoms with Crippen LogP contribution in [0.3, 0.4) is 0 Å². The van der Waals surface area contributed by atoms with Crippen LogP contribution in [0.15, 0.2) is 24.3 Å². The summed E-state index contributed by atoms with van der Waals surface area (Å²) in [5.74, 6) is 1.78. The van der Waals surface area contributed by atoms with Crippen molar-refractivity contribution in [3.05, 3.63) is 29.8 Å². The van der Waals surface area contributed by atoms with E-state index in [1.54, 1.807) is 11.8 Å². The minimum absolute atomic E-state index is 0.103. The normalized spacial score (nSPS) is 24.4. The van der Waals surface area contributed by atoms with Crippen LogP contribution >= 0.6 is 11.8 Å². The zero-order valence-corrected chi connectivity index (χ0v) is 15.5. The summed E-state index contributed by atoms with van der Waals surface area (Å²) in [6.45, 7) is 0.844. The molecule has 2 aliphatic heterocycles. The molecule has 1 aromatic rings. The number of nitrogens with zero attached hydrogens (tertiary/aromatic N) is 2. The minimum atomic E-state index is -0.733. The third-order valence-electron chi connectivity index (χ3n) is 5.58. The highest BCUT2D eigenvalue weighted by Gasteiger charge is 2.55. The molecule has 26 heavy (non-hydrogen) atoms. The van der Waals surface area contributed by atoms with Crippen LogP contribution in [-0.2, 0) is 19.8 Å². The van der Waals surface area contributed by atoms with Crippen LogP contribution in [-0.4, -0.2) is 53.8 Å². The summed E-state index contributed by atoms with van der Waals surface area (Å²) in [4.78, 5) is 40.5. The molecule has 2 N–H and O–H groups in total. The summed E-state index contributed by atoms with van der Waals surface area (Å²) in [7, 11) is 0. The maximum absolute atomic E-state index is 13.2. The largest absolute Gasteiger partial charge is 0.368 e. The second kappa shape index (κ2) is 6.61. The Hall–Kier alpha value is -2.02. The molecule has 1 saturated heterocycles. The predicted octanol–water partition coefficient (Wildman–Crippen LogP) is 1.13. The number of para-hydroxylation sites is 1. The summed E-state index contributed by atoms with van der Waals surface area (Å²) < 4.78 is 0. The molecule has 2 fully saturated rings. The third kappa shape index (κ3) is 2.98. The smallest absolute Gasteiger partial charge is 0.240 e. The lowest BCUT2D eigenvalue weighted by Crippen LogP contribution is -2.45. The molecule has 7 heteroatoms. The van der Waals surface area contributed by atoms with E-state index < -0.39 is 11.3 Å². The van der Waals surface area contributed by atoms with Crippen LogP contribution in [0.1, 0.15) is 24.8 Å². The van der Waals surface area contributed by atoms with Gasteiger partial charge in [0.1, 0.15) is 6.54 Å². The number of hydrogen-bond donors (Lipinski definition) is 1. The molecule has 3 aliphatic rings. The van der Waals surface area contributed by atoms with Crippen LogP contribution in [0, 0.1) is 5.92 Å². The molecule has 1 unspecified atom stereocenters.